The lowest BCUT2D eigenvalue weighted by molar-refractivity contribution is -0.185. The third kappa shape index (κ3) is 3.52. The fourth-order valence-electron chi connectivity index (χ4n) is 5.61. The number of hydrogen-bond donors (Lipinski definition) is 0. The van der Waals surface area contributed by atoms with Gasteiger partial charge in [0.15, 0.2) is 0 Å². The summed E-state index contributed by atoms with van der Waals surface area (Å²) in [6, 6.07) is 13.1. The van der Waals surface area contributed by atoms with Crippen LogP contribution in [0.15, 0.2) is 57.8 Å². The van der Waals surface area contributed by atoms with Gasteiger partial charge < -0.3 is 13.9 Å². The topological polar surface area (TPSA) is 31.6 Å². The number of hydrogen-bond acceptors (Lipinski definition) is 5. The van der Waals surface area contributed by atoms with E-state index in [1.54, 1.807) is 6.26 Å². The summed E-state index contributed by atoms with van der Waals surface area (Å²) in [5, 5.41) is 4.41. The average Bonchev–Trinajstić information content (AvgIpc) is 3.54. The van der Waals surface area contributed by atoms with E-state index in [0.29, 0.717) is 5.92 Å². The molecular weight excluding hydrogens is 400 g/mol. The zero-order chi connectivity index (χ0) is 19.6. The van der Waals surface area contributed by atoms with Crippen molar-refractivity contribution in [3.05, 3.63) is 68.9 Å². The van der Waals surface area contributed by atoms with Crippen molar-refractivity contribution in [1.82, 2.24) is 0 Å². The van der Waals surface area contributed by atoms with E-state index in [1.807, 2.05) is 28.7 Å². The zero-order valence-electron chi connectivity index (χ0n) is 16.7. The standard InChI is InChI=1S/C24H28O3S2/c1-5-20(26-11-1)17-23(22-7-3-16-29-22)10-4-12-27-24(23,18-21-6-2-15-28-21)19-8-13-25-14-9-19/h1-3,5-7,11,15-16,19H,4,8-10,12-14,17-18H2. The molecule has 154 valence electrons. The molecule has 2 saturated heterocycles. The molecule has 2 atom stereocenters. The molecule has 2 aliphatic heterocycles. The smallest absolute Gasteiger partial charge is 0.104 e. The van der Waals surface area contributed by atoms with Gasteiger partial charge in [0.2, 0.25) is 0 Å². The normalized spacial score (nSPS) is 28.6. The maximum atomic E-state index is 6.98. The Hall–Kier alpha value is -1.40. The lowest BCUT2D eigenvalue weighted by atomic mass is 9.56. The van der Waals surface area contributed by atoms with Gasteiger partial charge in [-0.25, -0.2) is 0 Å². The van der Waals surface area contributed by atoms with Gasteiger partial charge in [-0.3, -0.25) is 0 Å². The Morgan fingerprint density at radius 2 is 1.79 bits per heavy atom. The number of thiophene rings is 2. The van der Waals surface area contributed by atoms with Crippen LogP contribution in [0, 0.1) is 5.92 Å². The van der Waals surface area contributed by atoms with Gasteiger partial charge in [-0.05, 0) is 66.6 Å². The van der Waals surface area contributed by atoms with E-state index >= 15 is 0 Å². The molecule has 29 heavy (non-hydrogen) atoms. The monoisotopic (exact) mass is 428 g/mol. The van der Waals surface area contributed by atoms with Crippen molar-refractivity contribution in [3.8, 4) is 0 Å². The predicted octanol–water partition coefficient (Wildman–Crippen LogP) is 6.10. The Bertz CT molecular complexity index is 866. The molecule has 2 aliphatic rings. The predicted molar refractivity (Wildman–Crippen MR) is 118 cm³/mol. The lowest BCUT2D eigenvalue weighted by Gasteiger charge is -2.57. The summed E-state index contributed by atoms with van der Waals surface area (Å²) in [7, 11) is 0. The minimum absolute atomic E-state index is 0.0801. The van der Waals surface area contributed by atoms with Gasteiger partial charge in [0.05, 0.1) is 11.9 Å². The van der Waals surface area contributed by atoms with Crippen molar-refractivity contribution in [3.63, 3.8) is 0 Å². The van der Waals surface area contributed by atoms with Crippen LogP contribution in [-0.4, -0.2) is 25.4 Å². The van der Waals surface area contributed by atoms with Gasteiger partial charge in [-0.15, -0.1) is 22.7 Å². The number of furan rings is 1. The highest BCUT2D eigenvalue weighted by Gasteiger charge is 2.59. The molecule has 0 aliphatic carbocycles. The first kappa shape index (κ1) is 19.6. The molecule has 0 aromatic carbocycles. The van der Waals surface area contributed by atoms with Crippen LogP contribution in [0.5, 0.6) is 0 Å². The summed E-state index contributed by atoms with van der Waals surface area (Å²) in [4.78, 5) is 2.86. The van der Waals surface area contributed by atoms with Gasteiger partial charge in [-0.2, -0.15) is 0 Å². The van der Waals surface area contributed by atoms with E-state index in [0.717, 1.165) is 64.1 Å². The molecule has 5 heteroatoms. The minimum Gasteiger partial charge on any atom is -0.469 e. The quantitative estimate of drug-likeness (QED) is 0.475. The van der Waals surface area contributed by atoms with Crippen LogP contribution in [0.1, 0.15) is 41.2 Å². The molecule has 3 nitrogen and oxygen atoms in total. The maximum Gasteiger partial charge on any atom is 0.104 e. The van der Waals surface area contributed by atoms with Crippen molar-refractivity contribution in [2.75, 3.05) is 19.8 Å². The molecule has 2 unspecified atom stereocenters. The highest BCUT2D eigenvalue weighted by Crippen LogP contribution is 2.55. The molecule has 0 amide bonds. The van der Waals surface area contributed by atoms with Crippen molar-refractivity contribution in [2.45, 2.75) is 49.5 Å². The van der Waals surface area contributed by atoms with Gasteiger partial charge in [0, 0.05) is 47.8 Å². The van der Waals surface area contributed by atoms with E-state index in [9.17, 15) is 0 Å². The van der Waals surface area contributed by atoms with E-state index in [1.165, 1.54) is 9.75 Å². The van der Waals surface area contributed by atoms with Crippen LogP contribution in [0.25, 0.3) is 0 Å². The molecule has 0 N–H and O–H groups in total. The first-order valence-corrected chi connectivity index (χ1v) is 12.4. The Morgan fingerprint density at radius 1 is 0.931 bits per heavy atom. The molecule has 3 aromatic heterocycles. The third-order valence-corrected chi connectivity index (χ3v) is 8.81. The summed E-state index contributed by atoms with van der Waals surface area (Å²) in [5.74, 6) is 1.54. The minimum atomic E-state index is -0.239. The van der Waals surface area contributed by atoms with Gasteiger partial charge in [0.1, 0.15) is 5.76 Å². The Morgan fingerprint density at radius 3 is 2.52 bits per heavy atom. The first-order valence-electron chi connectivity index (χ1n) is 10.6. The second kappa shape index (κ2) is 8.38. The summed E-state index contributed by atoms with van der Waals surface area (Å²) < 4.78 is 18.7. The Kier molecular flexibility index (Phi) is 5.65. The van der Waals surface area contributed by atoms with Crippen LogP contribution in [0.4, 0.5) is 0 Å². The Labute approximate surface area is 180 Å². The van der Waals surface area contributed by atoms with E-state index in [-0.39, 0.29) is 11.0 Å². The van der Waals surface area contributed by atoms with E-state index in [4.69, 9.17) is 13.9 Å². The number of ether oxygens (including phenoxy) is 2. The molecule has 2 fully saturated rings. The van der Waals surface area contributed by atoms with Crippen molar-refractivity contribution < 1.29 is 13.9 Å². The molecule has 5 rings (SSSR count). The van der Waals surface area contributed by atoms with Crippen LogP contribution < -0.4 is 0 Å². The summed E-state index contributed by atoms with van der Waals surface area (Å²) in [5.41, 5.74) is -0.319. The molecule has 0 bridgehead atoms. The van der Waals surface area contributed by atoms with Gasteiger partial charge >= 0.3 is 0 Å². The second-order valence-electron chi connectivity index (χ2n) is 8.30. The summed E-state index contributed by atoms with van der Waals surface area (Å²) >= 11 is 3.73. The fourth-order valence-corrected chi connectivity index (χ4v) is 7.43. The van der Waals surface area contributed by atoms with E-state index < -0.39 is 0 Å². The number of rotatable bonds is 6. The fraction of sp³-hybridized carbons (Fsp3) is 0.500. The van der Waals surface area contributed by atoms with Crippen molar-refractivity contribution in [2.24, 2.45) is 5.92 Å². The Balaban J connectivity index is 1.67. The molecule has 0 radical (unpaired) electrons. The van der Waals surface area contributed by atoms with Crippen LogP contribution in [0.2, 0.25) is 0 Å². The van der Waals surface area contributed by atoms with Crippen LogP contribution >= 0.6 is 22.7 Å². The van der Waals surface area contributed by atoms with E-state index in [2.05, 4.69) is 41.1 Å². The molecule has 5 heterocycles. The highest BCUT2D eigenvalue weighted by atomic mass is 32.1. The molecular formula is C24H28O3S2. The highest BCUT2D eigenvalue weighted by molar-refractivity contribution is 7.10. The van der Waals surface area contributed by atoms with Gasteiger partial charge in [0.25, 0.3) is 0 Å². The van der Waals surface area contributed by atoms with Crippen molar-refractivity contribution in [1.29, 1.82) is 0 Å². The third-order valence-electron chi connectivity index (χ3n) is 6.86. The molecule has 0 saturated carbocycles. The first-order chi connectivity index (χ1) is 14.3. The average molecular weight is 429 g/mol. The molecule has 3 aromatic rings. The zero-order valence-corrected chi connectivity index (χ0v) is 18.3. The summed E-state index contributed by atoms with van der Waals surface area (Å²) in [6.07, 6.45) is 8.02. The van der Waals surface area contributed by atoms with Crippen LogP contribution in [-0.2, 0) is 27.7 Å². The van der Waals surface area contributed by atoms with Crippen molar-refractivity contribution >= 4 is 22.7 Å². The van der Waals surface area contributed by atoms with Crippen LogP contribution in [0.3, 0.4) is 0 Å². The SMILES string of the molecule is c1coc(CC2(c3cccs3)CCCOC2(Cc2cccs2)C2CCOCC2)c1. The summed E-state index contributed by atoms with van der Waals surface area (Å²) in [6.45, 7) is 2.51. The van der Waals surface area contributed by atoms with Gasteiger partial charge in [-0.1, -0.05) is 12.1 Å². The molecule has 0 spiro atoms. The maximum absolute atomic E-state index is 6.98. The largest absolute Gasteiger partial charge is 0.469 e. The lowest BCUT2D eigenvalue weighted by Crippen LogP contribution is -2.63. The second-order valence-corrected chi connectivity index (χ2v) is 10.3.